The molecule has 0 saturated carbocycles. The Labute approximate surface area is 135 Å². The second kappa shape index (κ2) is 6.07. The second-order valence-corrected chi connectivity index (χ2v) is 5.49. The summed E-state index contributed by atoms with van der Waals surface area (Å²) in [6.07, 6.45) is 3.20. The molecule has 0 atom stereocenters. The number of nitrogens with zero attached hydrogens (tertiary/aromatic N) is 4. The van der Waals surface area contributed by atoms with E-state index in [1.807, 2.05) is 25.1 Å². The summed E-state index contributed by atoms with van der Waals surface area (Å²) in [7, 11) is 0. The number of benzene rings is 1. The Hall–Kier alpha value is -2.54. The fourth-order valence-electron chi connectivity index (χ4n) is 1.92. The summed E-state index contributed by atoms with van der Waals surface area (Å²) in [5.74, 6) is 0.318. The average molecular weight is 358 g/mol. The molecule has 3 aromatic rings. The van der Waals surface area contributed by atoms with Gasteiger partial charge in [-0.3, -0.25) is 9.36 Å². The van der Waals surface area contributed by atoms with Crippen molar-refractivity contribution in [2.45, 2.75) is 6.92 Å². The van der Waals surface area contributed by atoms with E-state index in [1.165, 1.54) is 0 Å². The molecule has 1 N–H and O–H groups in total. The number of anilines is 1. The number of halogens is 1. The third-order valence-corrected chi connectivity index (χ3v) is 3.95. The molecule has 0 aliphatic rings. The first-order chi connectivity index (χ1) is 10.6. The second-order valence-electron chi connectivity index (χ2n) is 4.63. The van der Waals surface area contributed by atoms with Gasteiger partial charge in [-0.15, -0.1) is 10.2 Å². The lowest BCUT2D eigenvalue weighted by atomic mass is 10.2. The van der Waals surface area contributed by atoms with Gasteiger partial charge in [0.15, 0.2) is 0 Å². The van der Waals surface area contributed by atoms with Gasteiger partial charge in [0.25, 0.3) is 5.91 Å². The van der Waals surface area contributed by atoms with E-state index in [2.05, 4.69) is 36.4 Å². The van der Waals surface area contributed by atoms with Crippen LogP contribution in [0.15, 0.2) is 53.5 Å². The molecule has 1 amide bonds. The molecule has 0 bridgehead atoms. The Morgan fingerprint density at radius 1 is 1.09 bits per heavy atom. The summed E-state index contributed by atoms with van der Waals surface area (Å²) in [6.45, 7) is 1.87. The van der Waals surface area contributed by atoms with Crippen molar-refractivity contribution >= 4 is 27.7 Å². The molecule has 3 rings (SSSR count). The fourth-order valence-corrected chi connectivity index (χ4v) is 2.14. The highest BCUT2D eigenvalue weighted by molar-refractivity contribution is 9.10. The predicted octanol–water partition coefficient (Wildman–Crippen LogP) is 2.99. The van der Waals surface area contributed by atoms with Gasteiger partial charge in [0.05, 0.1) is 5.69 Å². The van der Waals surface area contributed by atoms with Gasteiger partial charge in [0.2, 0.25) is 0 Å². The molecule has 0 spiro atoms. The quantitative estimate of drug-likeness (QED) is 0.781. The lowest BCUT2D eigenvalue weighted by molar-refractivity contribution is 0.102. The van der Waals surface area contributed by atoms with Crippen LogP contribution >= 0.6 is 15.9 Å². The number of amides is 1. The highest BCUT2D eigenvalue weighted by atomic mass is 79.9. The molecule has 6 nitrogen and oxygen atoms in total. The number of carbonyl (C=O) groups is 1. The van der Waals surface area contributed by atoms with Gasteiger partial charge in [-0.1, -0.05) is 0 Å². The lowest BCUT2D eigenvalue weighted by Gasteiger charge is -2.07. The molecule has 110 valence electrons. The number of rotatable bonds is 3. The molecule has 0 saturated heterocycles. The zero-order chi connectivity index (χ0) is 15.5. The van der Waals surface area contributed by atoms with Crippen molar-refractivity contribution in [3.63, 3.8) is 0 Å². The summed E-state index contributed by atoms with van der Waals surface area (Å²) in [5, 5.41) is 10.3. The Morgan fingerprint density at radius 2 is 1.77 bits per heavy atom. The molecule has 7 heteroatoms. The van der Waals surface area contributed by atoms with Gasteiger partial charge in [-0.05, 0) is 59.3 Å². The van der Waals surface area contributed by atoms with Crippen LogP contribution in [-0.4, -0.2) is 25.7 Å². The van der Waals surface area contributed by atoms with Crippen LogP contribution in [0, 0.1) is 6.92 Å². The normalized spacial score (nSPS) is 10.5. The number of pyridine rings is 1. The number of carbonyl (C=O) groups excluding carboxylic acids is 1. The molecule has 0 aliphatic carbocycles. The first-order valence-corrected chi connectivity index (χ1v) is 7.32. The monoisotopic (exact) mass is 357 g/mol. The van der Waals surface area contributed by atoms with Gasteiger partial charge in [0, 0.05) is 15.7 Å². The molecule has 0 unspecified atom stereocenters. The van der Waals surface area contributed by atoms with Crippen molar-refractivity contribution < 1.29 is 4.79 Å². The molecule has 0 radical (unpaired) electrons. The number of aromatic nitrogens is 4. The zero-order valence-electron chi connectivity index (χ0n) is 11.7. The number of aryl methyl sites for hydroxylation is 1. The summed E-state index contributed by atoms with van der Waals surface area (Å²) >= 11 is 3.38. The number of nitrogens with one attached hydrogen (secondary N) is 1. The largest absolute Gasteiger partial charge is 0.307 e. The van der Waals surface area contributed by atoms with Crippen LogP contribution in [0.5, 0.6) is 0 Å². The topological polar surface area (TPSA) is 72.7 Å². The molecule has 0 fully saturated rings. The predicted molar refractivity (Wildman–Crippen MR) is 86.0 cm³/mol. The van der Waals surface area contributed by atoms with Crippen LogP contribution in [0.1, 0.15) is 16.1 Å². The van der Waals surface area contributed by atoms with E-state index in [1.54, 1.807) is 35.4 Å². The average Bonchev–Trinajstić information content (AvgIpc) is 3.05. The summed E-state index contributed by atoms with van der Waals surface area (Å²) in [5.41, 5.74) is 2.26. The van der Waals surface area contributed by atoms with Crippen molar-refractivity contribution in [1.82, 2.24) is 19.7 Å². The number of hydrogen-bond acceptors (Lipinski definition) is 4. The van der Waals surface area contributed by atoms with Crippen molar-refractivity contribution in [2.24, 2.45) is 0 Å². The van der Waals surface area contributed by atoms with Crippen molar-refractivity contribution in [3.05, 3.63) is 64.8 Å². The third kappa shape index (κ3) is 3.04. The van der Waals surface area contributed by atoms with Crippen LogP contribution in [0.2, 0.25) is 0 Å². The number of hydrogen-bond donors (Lipinski definition) is 1. The molecule has 2 heterocycles. The van der Waals surface area contributed by atoms with E-state index in [9.17, 15) is 4.79 Å². The first kappa shape index (κ1) is 14.4. The van der Waals surface area contributed by atoms with Crippen LogP contribution in [0.4, 0.5) is 5.82 Å². The van der Waals surface area contributed by atoms with E-state index < -0.39 is 0 Å². The molecular formula is C15H12BrN5O. The molecule has 2 aromatic heterocycles. The highest BCUT2D eigenvalue weighted by Crippen LogP contribution is 2.17. The van der Waals surface area contributed by atoms with Crippen LogP contribution in [-0.2, 0) is 0 Å². The van der Waals surface area contributed by atoms with E-state index >= 15 is 0 Å². The van der Waals surface area contributed by atoms with Crippen LogP contribution in [0.3, 0.4) is 0 Å². The van der Waals surface area contributed by atoms with E-state index in [4.69, 9.17) is 0 Å². The van der Waals surface area contributed by atoms with Crippen molar-refractivity contribution in [3.8, 4) is 5.69 Å². The SMILES string of the molecule is Cc1nc(NC(=O)c2ccc(-n3cnnc3)cc2)ccc1Br. The third-order valence-electron chi connectivity index (χ3n) is 3.11. The van der Waals surface area contributed by atoms with Crippen molar-refractivity contribution in [2.75, 3.05) is 5.32 Å². The smallest absolute Gasteiger partial charge is 0.256 e. The zero-order valence-corrected chi connectivity index (χ0v) is 13.3. The molecular weight excluding hydrogens is 346 g/mol. The fraction of sp³-hybridized carbons (Fsp3) is 0.0667. The van der Waals surface area contributed by atoms with E-state index in [0.717, 1.165) is 15.9 Å². The summed E-state index contributed by atoms with van der Waals surface area (Å²) < 4.78 is 2.67. The highest BCUT2D eigenvalue weighted by Gasteiger charge is 2.08. The van der Waals surface area contributed by atoms with Gasteiger partial charge in [-0.2, -0.15) is 0 Å². The summed E-state index contributed by atoms with van der Waals surface area (Å²) in [6, 6.07) is 10.8. The van der Waals surface area contributed by atoms with E-state index in [0.29, 0.717) is 11.4 Å². The minimum atomic E-state index is -0.204. The van der Waals surface area contributed by atoms with Crippen molar-refractivity contribution in [1.29, 1.82) is 0 Å². The Balaban J connectivity index is 1.76. The van der Waals surface area contributed by atoms with Gasteiger partial charge in [-0.25, -0.2) is 4.98 Å². The molecule has 22 heavy (non-hydrogen) atoms. The Morgan fingerprint density at radius 3 is 2.41 bits per heavy atom. The maximum atomic E-state index is 12.2. The Kier molecular flexibility index (Phi) is 3.97. The standard InChI is InChI=1S/C15H12BrN5O/c1-10-13(16)6-7-14(19-10)20-15(22)11-2-4-12(5-3-11)21-8-17-18-9-21/h2-9H,1H3,(H,19,20,22). The summed E-state index contributed by atoms with van der Waals surface area (Å²) in [4.78, 5) is 16.5. The molecule has 1 aromatic carbocycles. The minimum absolute atomic E-state index is 0.204. The maximum Gasteiger partial charge on any atom is 0.256 e. The van der Waals surface area contributed by atoms with Crippen LogP contribution < -0.4 is 5.32 Å². The minimum Gasteiger partial charge on any atom is -0.307 e. The van der Waals surface area contributed by atoms with E-state index in [-0.39, 0.29) is 5.91 Å². The molecule has 0 aliphatic heterocycles. The van der Waals surface area contributed by atoms with Crippen LogP contribution in [0.25, 0.3) is 5.69 Å². The van der Waals surface area contributed by atoms with Gasteiger partial charge in [0.1, 0.15) is 18.5 Å². The maximum absolute atomic E-state index is 12.2. The first-order valence-electron chi connectivity index (χ1n) is 6.53. The lowest BCUT2D eigenvalue weighted by Crippen LogP contribution is -2.13. The van der Waals surface area contributed by atoms with Gasteiger partial charge < -0.3 is 5.32 Å². The van der Waals surface area contributed by atoms with Gasteiger partial charge >= 0.3 is 0 Å². The Bertz CT molecular complexity index is 799.